The van der Waals surface area contributed by atoms with Gasteiger partial charge in [-0.1, -0.05) is 33.2 Å². The van der Waals surface area contributed by atoms with Crippen molar-refractivity contribution in [2.75, 3.05) is 0 Å². The normalized spacial score (nSPS) is 11.9. The van der Waals surface area contributed by atoms with Crippen LogP contribution in [-0.4, -0.2) is 17.2 Å². The van der Waals surface area contributed by atoms with Crippen molar-refractivity contribution in [3.8, 4) is 0 Å². The molecule has 106 valence electrons. The Morgan fingerprint density at radius 3 is 2.75 bits per heavy atom. The zero-order valence-electron chi connectivity index (χ0n) is 11.1. The molecule has 2 N–H and O–H groups in total. The van der Waals surface area contributed by atoms with Crippen LogP contribution >= 0.6 is 15.9 Å². The molecule has 20 heavy (non-hydrogen) atoms. The molecule has 0 aliphatic rings. The fourth-order valence-electron chi connectivity index (χ4n) is 1.80. The van der Waals surface area contributed by atoms with E-state index in [1.807, 2.05) is 31.2 Å². The average molecular weight is 338 g/mol. The van der Waals surface area contributed by atoms with Crippen LogP contribution in [0.1, 0.15) is 18.2 Å². The first-order chi connectivity index (χ1) is 9.63. The lowest BCUT2D eigenvalue weighted by atomic mass is 10.1. The first kappa shape index (κ1) is 14.6. The number of carbonyl (C=O) groups excluding carboxylic acids is 1. The van der Waals surface area contributed by atoms with Crippen molar-refractivity contribution in [3.63, 3.8) is 0 Å². The van der Waals surface area contributed by atoms with Gasteiger partial charge in [0.25, 0.3) is 0 Å². The molecule has 0 spiro atoms. The number of rotatable bonds is 5. The van der Waals surface area contributed by atoms with Crippen LogP contribution in [0.3, 0.4) is 0 Å². The number of carbonyl (C=O) groups is 1. The lowest BCUT2D eigenvalue weighted by Crippen LogP contribution is -2.41. The number of halogens is 1. The molecule has 1 aromatic carbocycles. The van der Waals surface area contributed by atoms with Crippen molar-refractivity contribution < 1.29 is 9.32 Å². The molecule has 2 amide bonds. The van der Waals surface area contributed by atoms with E-state index in [0.29, 0.717) is 12.2 Å². The number of hydrogen-bond donors (Lipinski definition) is 2. The van der Waals surface area contributed by atoms with Gasteiger partial charge in [0.2, 0.25) is 0 Å². The summed E-state index contributed by atoms with van der Waals surface area (Å²) in [6.07, 6.45) is 2.26. The van der Waals surface area contributed by atoms with E-state index >= 15 is 0 Å². The molecule has 2 rings (SSSR count). The summed E-state index contributed by atoms with van der Waals surface area (Å²) in [5.41, 5.74) is 1.87. The molecule has 0 aliphatic carbocycles. The molecular formula is C14H16BrN3O2. The Hall–Kier alpha value is -1.82. The Morgan fingerprint density at radius 2 is 2.10 bits per heavy atom. The maximum absolute atomic E-state index is 11.7. The lowest BCUT2D eigenvalue weighted by molar-refractivity contribution is 0.237. The van der Waals surface area contributed by atoms with Crippen molar-refractivity contribution in [1.29, 1.82) is 0 Å². The molecule has 0 bridgehead atoms. The highest BCUT2D eigenvalue weighted by molar-refractivity contribution is 9.10. The number of benzene rings is 1. The Kier molecular flexibility index (Phi) is 5.17. The van der Waals surface area contributed by atoms with E-state index in [1.54, 1.807) is 6.07 Å². The summed E-state index contributed by atoms with van der Waals surface area (Å²) in [6, 6.07) is 9.61. The summed E-state index contributed by atoms with van der Waals surface area (Å²) in [5, 5.41) is 9.34. The molecule has 1 heterocycles. The molecule has 2 aromatic rings. The van der Waals surface area contributed by atoms with Crippen LogP contribution in [0.25, 0.3) is 0 Å². The maximum Gasteiger partial charge on any atom is 0.315 e. The highest BCUT2D eigenvalue weighted by atomic mass is 79.9. The van der Waals surface area contributed by atoms with Crippen LogP contribution in [-0.2, 0) is 13.0 Å². The second-order valence-corrected chi connectivity index (χ2v) is 5.47. The fraction of sp³-hybridized carbons (Fsp3) is 0.286. The lowest BCUT2D eigenvalue weighted by Gasteiger charge is -2.14. The van der Waals surface area contributed by atoms with Gasteiger partial charge in [-0.25, -0.2) is 4.79 Å². The molecule has 1 aromatic heterocycles. The number of nitrogens with one attached hydrogen (secondary N) is 2. The molecule has 5 nitrogen and oxygen atoms in total. The quantitative estimate of drug-likeness (QED) is 0.881. The molecule has 1 atom stereocenters. The summed E-state index contributed by atoms with van der Waals surface area (Å²) in [6.45, 7) is 2.32. The van der Waals surface area contributed by atoms with Gasteiger partial charge in [-0.2, -0.15) is 0 Å². The van der Waals surface area contributed by atoms with Gasteiger partial charge in [0.15, 0.2) is 0 Å². The molecule has 0 radical (unpaired) electrons. The molecule has 0 saturated heterocycles. The molecule has 0 saturated carbocycles. The Morgan fingerprint density at radius 1 is 1.35 bits per heavy atom. The van der Waals surface area contributed by atoms with Crippen molar-refractivity contribution in [1.82, 2.24) is 15.8 Å². The van der Waals surface area contributed by atoms with Gasteiger partial charge in [0, 0.05) is 16.6 Å². The van der Waals surface area contributed by atoms with E-state index in [1.165, 1.54) is 11.8 Å². The van der Waals surface area contributed by atoms with E-state index in [9.17, 15) is 4.79 Å². The van der Waals surface area contributed by atoms with Crippen LogP contribution in [0.5, 0.6) is 0 Å². The standard InChI is InChI=1S/C14H16BrN3O2/c1-10(8-11-2-4-12(15)5-3-11)17-14(19)16-9-13-6-7-20-18-13/h2-7,10H,8-9H2,1H3,(H2,16,17,19)/t10-/m0/s1. The number of nitrogens with zero attached hydrogens (tertiary/aromatic N) is 1. The van der Waals surface area contributed by atoms with Crippen LogP contribution in [0.2, 0.25) is 0 Å². The molecule has 6 heteroatoms. The van der Waals surface area contributed by atoms with Crippen molar-refractivity contribution in [2.45, 2.75) is 25.9 Å². The number of aromatic nitrogens is 1. The fourth-order valence-corrected chi connectivity index (χ4v) is 2.06. The third-order valence-electron chi connectivity index (χ3n) is 2.75. The molecular weight excluding hydrogens is 322 g/mol. The topological polar surface area (TPSA) is 67.2 Å². The first-order valence-corrected chi connectivity index (χ1v) is 7.11. The summed E-state index contributed by atoms with van der Waals surface area (Å²) < 4.78 is 5.74. The monoisotopic (exact) mass is 337 g/mol. The largest absolute Gasteiger partial charge is 0.364 e. The summed E-state index contributed by atoms with van der Waals surface area (Å²) >= 11 is 3.40. The highest BCUT2D eigenvalue weighted by Crippen LogP contribution is 2.11. The Balaban J connectivity index is 1.74. The first-order valence-electron chi connectivity index (χ1n) is 6.31. The van der Waals surface area contributed by atoms with Crippen LogP contribution in [0, 0.1) is 0 Å². The van der Waals surface area contributed by atoms with Gasteiger partial charge in [0.1, 0.15) is 12.0 Å². The average Bonchev–Trinajstić information content (AvgIpc) is 2.92. The molecule has 0 fully saturated rings. The van der Waals surface area contributed by atoms with Gasteiger partial charge in [-0.3, -0.25) is 0 Å². The third kappa shape index (κ3) is 4.70. The van der Waals surface area contributed by atoms with Gasteiger partial charge < -0.3 is 15.2 Å². The zero-order valence-corrected chi connectivity index (χ0v) is 12.7. The smallest absolute Gasteiger partial charge is 0.315 e. The summed E-state index contributed by atoms with van der Waals surface area (Å²) in [5.74, 6) is 0. The van der Waals surface area contributed by atoms with Crippen molar-refractivity contribution in [3.05, 3.63) is 52.3 Å². The predicted octanol–water partition coefficient (Wildman–Crippen LogP) is 2.87. The van der Waals surface area contributed by atoms with Gasteiger partial charge in [-0.15, -0.1) is 0 Å². The van der Waals surface area contributed by atoms with Crippen molar-refractivity contribution in [2.24, 2.45) is 0 Å². The highest BCUT2D eigenvalue weighted by Gasteiger charge is 2.08. The van der Waals surface area contributed by atoms with Crippen LogP contribution in [0.4, 0.5) is 4.79 Å². The van der Waals surface area contributed by atoms with Crippen LogP contribution < -0.4 is 10.6 Å². The minimum atomic E-state index is -0.211. The Labute approximate surface area is 125 Å². The summed E-state index contributed by atoms with van der Waals surface area (Å²) in [7, 11) is 0. The molecule has 0 aliphatic heterocycles. The SMILES string of the molecule is C[C@@H](Cc1ccc(Br)cc1)NC(=O)NCc1ccon1. The predicted molar refractivity (Wildman–Crippen MR) is 79.2 cm³/mol. The van der Waals surface area contributed by atoms with E-state index in [4.69, 9.17) is 4.52 Å². The third-order valence-corrected chi connectivity index (χ3v) is 3.28. The Bertz CT molecular complexity index is 540. The number of amides is 2. The zero-order chi connectivity index (χ0) is 14.4. The summed E-state index contributed by atoms with van der Waals surface area (Å²) in [4.78, 5) is 11.7. The minimum absolute atomic E-state index is 0.0495. The second kappa shape index (κ2) is 7.09. The van der Waals surface area contributed by atoms with Gasteiger partial charge in [0.05, 0.1) is 6.54 Å². The number of hydrogen-bond acceptors (Lipinski definition) is 3. The second-order valence-electron chi connectivity index (χ2n) is 4.55. The van der Waals surface area contributed by atoms with Gasteiger partial charge >= 0.3 is 6.03 Å². The minimum Gasteiger partial charge on any atom is -0.364 e. The maximum atomic E-state index is 11.7. The van der Waals surface area contributed by atoms with E-state index in [2.05, 4.69) is 31.7 Å². The van der Waals surface area contributed by atoms with Gasteiger partial charge in [-0.05, 0) is 31.0 Å². The van der Waals surface area contributed by atoms with E-state index in [-0.39, 0.29) is 12.1 Å². The molecule has 0 unspecified atom stereocenters. The van der Waals surface area contributed by atoms with Crippen molar-refractivity contribution >= 4 is 22.0 Å². The van der Waals surface area contributed by atoms with Crippen LogP contribution in [0.15, 0.2) is 45.6 Å². The number of urea groups is 1. The van der Waals surface area contributed by atoms with E-state index < -0.39 is 0 Å². The van der Waals surface area contributed by atoms with E-state index in [0.717, 1.165) is 10.9 Å².